The smallest absolute Gasteiger partial charge is 0.243 e. The number of rotatable bonds is 7. The van der Waals surface area contributed by atoms with E-state index >= 15 is 0 Å². The summed E-state index contributed by atoms with van der Waals surface area (Å²) >= 11 is 0. The molecule has 7 nitrogen and oxygen atoms in total. The van der Waals surface area contributed by atoms with Gasteiger partial charge in [-0.1, -0.05) is 32.4 Å². The molecule has 1 aliphatic carbocycles. The Balaban J connectivity index is 2.34. The molecule has 1 heterocycles. The summed E-state index contributed by atoms with van der Waals surface area (Å²) in [6.45, 7) is 5.78. The van der Waals surface area contributed by atoms with E-state index in [1.54, 1.807) is 7.05 Å². The first-order chi connectivity index (χ1) is 12.4. The highest BCUT2D eigenvalue weighted by atomic mass is 16.3. The highest BCUT2D eigenvalue weighted by Crippen LogP contribution is 2.43. The van der Waals surface area contributed by atoms with Crippen LogP contribution in [0, 0.1) is 23.7 Å². The van der Waals surface area contributed by atoms with Gasteiger partial charge in [-0.3, -0.25) is 14.4 Å². The molecule has 0 radical (unpaired) electrons. The molecule has 6 atom stereocenters. The van der Waals surface area contributed by atoms with E-state index in [-0.39, 0.29) is 48.8 Å². The lowest BCUT2D eigenvalue weighted by molar-refractivity contribution is -0.141. The van der Waals surface area contributed by atoms with Gasteiger partial charge in [-0.2, -0.15) is 0 Å². The van der Waals surface area contributed by atoms with E-state index in [0.29, 0.717) is 0 Å². The number of fused-ring (bicyclic) bond motifs is 1. The van der Waals surface area contributed by atoms with Crippen LogP contribution in [0.2, 0.25) is 0 Å². The lowest BCUT2D eigenvalue weighted by Crippen LogP contribution is -2.50. The van der Waals surface area contributed by atoms with Gasteiger partial charge < -0.3 is 20.6 Å². The fraction of sp³-hybridized carbons (Fsp3) is 0.737. The molecular weight excluding hydrogens is 334 g/mol. The second-order valence-corrected chi connectivity index (χ2v) is 7.39. The van der Waals surface area contributed by atoms with Crippen molar-refractivity contribution >= 4 is 17.7 Å². The Morgan fingerprint density at radius 3 is 2.58 bits per heavy atom. The van der Waals surface area contributed by atoms with Crippen molar-refractivity contribution in [1.29, 1.82) is 0 Å². The highest BCUT2D eigenvalue weighted by molar-refractivity contribution is 5.96. The van der Waals surface area contributed by atoms with Gasteiger partial charge >= 0.3 is 0 Å². The quantitative estimate of drug-likeness (QED) is 0.565. The molecule has 0 aromatic rings. The number of hydrogen-bond donors (Lipinski definition) is 3. The van der Waals surface area contributed by atoms with Crippen molar-refractivity contribution in [2.45, 2.75) is 45.7 Å². The van der Waals surface area contributed by atoms with Crippen LogP contribution in [0.3, 0.4) is 0 Å². The van der Waals surface area contributed by atoms with Gasteiger partial charge in [0.1, 0.15) is 6.04 Å². The van der Waals surface area contributed by atoms with Gasteiger partial charge in [-0.15, -0.1) is 0 Å². The zero-order valence-corrected chi connectivity index (χ0v) is 16.1. The van der Waals surface area contributed by atoms with E-state index in [2.05, 4.69) is 17.6 Å². The number of nitrogens with one attached hydrogen (secondary N) is 2. The molecule has 1 aliphatic heterocycles. The maximum absolute atomic E-state index is 13.1. The summed E-state index contributed by atoms with van der Waals surface area (Å²) in [6, 6.07) is -0.672. The minimum absolute atomic E-state index is 0.0128. The number of β-amino-alcohol motifs (C(OH)–C–C–N with tert-alkyl or cyclic N) is 1. The van der Waals surface area contributed by atoms with Crippen LogP contribution in [-0.2, 0) is 14.4 Å². The Morgan fingerprint density at radius 2 is 2.00 bits per heavy atom. The van der Waals surface area contributed by atoms with Crippen molar-refractivity contribution < 1.29 is 19.5 Å². The molecule has 0 aromatic heterocycles. The summed E-state index contributed by atoms with van der Waals surface area (Å²) in [4.78, 5) is 39.8. The molecule has 1 unspecified atom stereocenters. The molecule has 0 bridgehead atoms. The van der Waals surface area contributed by atoms with Crippen LogP contribution in [0.4, 0.5) is 0 Å². The fourth-order valence-corrected chi connectivity index (χ4v) is 4.34. The summed E-state index contributed by atoms with van der Waals surface area (Å²) in [5, 5.41) is 15.0. The minimum atomic E-state index is -0.685. The number of carbonyl (C=O) groups excluding carboxylic acids is 3. The van der Waals surface area contributed by atoms with E-state index in [4.69, 9.17) is 0 Å². The monoisotopic (exact) mass is 365 g/mol. The van der Waals surface area contributed by atoms with Gasteiger partial charge in [0, 0.05) is 25.6 Å². The normalized spacial score (nSPS) is 31.5. The van der Waals surface area contributed by atoms with Gasteiger partial charge in [0.05, 0.1) is 18.4 Å². The Kier molecular flexibility index (Phi) is 6.81. The van der Waals surface area contributed by atoms with Crippen molar-refractivity contribution in [1.82, 2.24) is 15.5 Å². The van der Waals surface area contributed by atoms with Crippen LogP contribution in [0.15, 0.2) is 12.2 Å². The van der Waals surface area contributed by atoms with E-state index in [1.807, 2.05) is 26.0 Å². The molecule has 7 heteroatoms. The standard InChI is InChI=1S/C19H31N3O4/c1-5-6-12(3)21-18(25)16-13-8-7-11(2)14(17(24)20-4)15(13)19(26)22(16)9-10-23/h7-8,11-16,23H,5-6,9-10H2,1-4H3,(H,20,24)(H,21,25)/t11-,12?,13+,14-,15-,16+/m1/s1. The van der Waals surface area contributed by atoms with Crippen LogP contribution < -0.4 is 10.6 Å². The predicted octanol–water partition coefficient (Wildman–Crippen LogP) is 0.295. The number of aliphatic hydroxyl groups excluding tert-OH is 1. The lowest BCUT2D eigenvalue weighted by Gasteiger charge is -2.32. The largest absolute Gasteiger partial charge is 0.395 e. The molecule has 26 heavy (non-hydrogen) atoms. The number of nitrogens with zero attached hydrogens (tertiary/aromatic N) is 1. The lowest BCUT2D eigenvalue weighted by atomic mass is 9.70. The maximum Gasteiger partial charge on any atom is 0.243 e. The van der Waals surface area contributed by atoms with Crippen LogP contribution >= 0.6 is 0 Å². The first-order valence-electron chi connectivity index (χ1n) is 9.48. The van der Waals surface area contributed by atoms with Crippen molar-refractivity contribution in [2.75, 3.05) is 20.2 Å². The zero-order valence-electron chi connectivity index (χ0n) is 16.1. The minimum Gasteiger partial charge on any atom is -0.395 e. The summed E-state index contributed by atoms with van der Waals surface area (Å²) in [7, 11) is 1.56. The number of aliphatic hydroxyl groups is 1. The number of allylic oxidation sites excluding steroid dienone is 1. The second kappa shape index (κ2) is 8.66. The third kappa shape index (κ3) is 3.77. The fourth-order valence-electron chi connectivity index (χ4n) is 4.34. The molecule has 3 N–H and O–H groups in total. The van der Waals surface area contributed by atoms with Gasteiger partial charge in [0.2, 0.25) is 17.7 Å². The van der Waals surface area contributed by atoms with Crippen LogP contribution in [0.25, 0.3) is 0 Å². The summed E-state index contributed by atoms with van der Waals surface area (Å²) in [5.41, 5.74) is 0. The third-order valence-corrected chi connectivity index (χ3v) is 5.54. The van der Waals surface area contributed by atoms with E-state index in [0.717, 1.165) is 12.8 Å². The number of amides is 3. The molecule has 2 aliphatic rings. The molecular formula is C19H31N3O4. The molecule has 146 valence electrons. The molecule has 1 fully saturated rings. The summed E-state index contributed by atoms with van der Waals surface area (Å²) in [6.07, 6.45) is 5.63. The number of hydrogen-bond acceptors (Lipinski definition) is 4. The van der Waals surface area contributed by atoms with Crippen molar-refractivity contribution in [3.8, 4) is 0 Å². The van der Waals surface area contributed by atoms with Gasteiger partial charge in [0.15, 0.2) is 0 Å². The second-order valence-electron chi connectivity index (χ2n) is 7.39. The predicted molar refractivity (Wildman–Crippen MR) is 97.9 cm³/mol. The molecule has 0 saturated carbocycles. The van der Waals surface area contributed by atoms with Crippen LogP contribution in [0.1, 0.15) is 33.6 Å². The Morgan fingerprint density at radius 1 is 1.31 bits per heavy atom. The summed E-state index contributed by atoms with van der Waals surface area (Å²) in [5.74, 6) is -2.14. The van der Waals surface area contributed by atoms with E-state index in [9.17, 15) is 19.5 Å². The number of likely N-dealkylation sites (tertiary alicyclic amines) is 1. The molecule has 2 rings (SSSR count). The van der Waals surface area contributed by atoms with Gasteiger partial charge in [-0.05, 0) is 19.3 Å². The first-order valence-corrected chi connectivity index (χ1v) is 9.48. The van der Waals surface area contributed by atoms with Crippen molar-refractivity contribution in [2.24, 2.45) is 23.7 Å². The van der Waals surface area contributed by atoms with E-state index in [1.165, 1.54) is 4.90 Å². The van der Waals surface area contributed by atoms with Gasteiger partial charge in [-0.25, -0.2) is 0 Å². The average molecular weight is 365 g/mol. The average Bonchev–Trinajstić information content (AvgIpc) is 2.87. The third-order valence-electron chi connectivity index (χ3n) is 5.54. The highest BCUT2D eigenvalue weighted by Gasteiger charge is 2.56. The van der Waals surface area contributed by atoms with Gasteiger partial charge in [0.25, 0.3) is 0 Å². The zero-order chi connectivity index (χ0) is 19.4. The van der Waals surface area contributed by atoms with E-state index < -0.39 is 17.9 Å². The SMILES string of the molecule is CCCC(C)NC(=O)[C@@H]1[C@H]2C=C[C@@H](C)[C@@H](C(=O)NC)[C@@H]2C(=O)N1CCO. The Hall–Kier alpha value is -1.89. The molecule has 0 aromatic carbocycles. The summed E-state index contributed by atoms with van der Waals surface area (Å²) < 4.78 is 0. The van der Waals surface area contributed by atoms with Crippen molar-refractivity contribution in [3.63, 3.8) is 0 Å². The Bertz CT molecular complexity index is 577. The molecule has 3 amide bonds. The molecule has 0 spiro atoms. The van der Waals surface area contributed by atoms with Crippen molar-refractivity contribution in [3.05, 3.63) is 12.2 Å². The Labute approximate surface area is 155 Å². The molecule has 1 saturated heterocycles. The first kappa shape index (κ1) is 20.4. The topological polar surface area (TPSA) is 98.7 Å². The van der Waals surface area contributed by atoms with Crippen LogP contribution in [-0.4, -0.2) is 60.0 Å². The number of carbonyl (C=O) groups is 3. The van der Waals surface area contributed by atoms with Crippen LogP contribution in [0.5, 0.6) is 0 Å². The maximum atomic E-state index is 13.1.